The molecule has 2 aromatic rings. The molecule has 0 radical (unpaired) electrons. The number of benzene rings is 1. The quantitative estimate of drug-likeness (QED) is 0.879. The molecule has 2 rings (SSSR count). The lowest BCUT2D eigenvalue weighted by Crippen LogP contribution is -2.03. The monoisotopic (exact) mass is 273 g/mol. The minimum absolute atomic E-state index is 0.0266. The molecule has 17 heavy (non-hydrogen) atoms. The SMILES string of the molecule is C[C@H](N)c1oc2c(C(=O)O)cc(Cl)cc2c1Cl. The highest BCUT2D eigenvalue weighted by Crippen LogP contribution is 2.37. The summed E-state index contributed by atoms with van der Waals surface area (Å²) in [4.78, 5) is 11.1. The maximum absolute atomic E-state index is 11.1. The van der Waals surface area contributed by atoms with E-state index in [2.05, 4.69) is 0 Å². The summed E-state index contributed by atoms with van der Waals surface area (Å²) >= 11 is 11.9. The molecule has 0 aliphatic rings. The molecule has 0 amide bonds. The summed E-state index contributed by atoms with van der Waals surface area (Å²) in [6.07, 6.45) is 0. The lowest BCUT2D eigenvalue weighted by Gasteiger charge is -1.99. The van der Waals surface area contributed by atoms with E-state index in [0.717, 1.165) is 0 Å². The summed E-state index contributed by atoms with van der Waals surface area (Å²) in [6, 6.07) is 2.45. The van der Waals surface area contributed by atoms with Gasteiger partial charge in [0.15, 0.2) is 5.58 Å². The van der Waals surface area contributed by atoms with E-state index < -0.39 is 12.0 Å². The predicted octanol–water partition coefficient (Wildman–Crippen LogP) is 3.46. The molecule has 0 aliphatic carbocycles. The Morgan fingerprint density at radius 1 is 1.47 bits per heavy atom. The van der Waals surface area contributed by atoms with Crippen LogP contribution < -0.4 is 5.73 Å². The van der Waals surface area contributed by atoms with Crippen molar-refractivity contribution < 1.29 is 14.3 Å². The Labute approximate surface area is 107 Å². The van der Waals surface area contributed by atoms with Crippen molar-refractivity contribution in [3.8, 4) is 0 Å². The van der Waals surface area contributed by atoms with Crippen LogP contribution in [0.1, 0.15) is 29.1 Å². The normalized spacial score (nSPS) is 12.9. The maximum Gasteiger partial charge on any atom is 0.339 e. The fourth-order valence-electron chi connectivity index (χ4n) is 1.61. The Balaban J connectivity index is 2.86. The zero-order valence-electron chi connectivity index (χ0n) is 8.83. The second-order valence-corrected chi connectivity index (χ2v) is 4.52. The molecule has 1 heterocycles. The second-order valence-electron chi connectivity index (χ2n) is 3.70. The summed E-state index contributed by atoms with van der Waals surface area (Å²) in [5, 5.41) is 10.1. The van der Waals surface area contributed by atoms with Crippen LogP contribution in [-0.4, -0.2) is 11.1 Å². The Bertz CT molecular complexity index is 604. The third-order valence-corrected chi connectivity index (χ3v) is 2.97. The number of hydrogen-bond donors (Lipinski definition) is 2. The number of furan rings is 1. The molecule has 1 aromatic carbocycles. The summed E-state index contributed by atoms with van der Waals surface area (Å²) in [5.74, 6) is -0.773. The topological polar surface area (TPSA) is 76.5 Å². The van der Waals surface area contributed by atoms with Crippen LogP contribution in [0, 0.1) is 0 Å². The predicted molar refractivity (Wildman–Crippen MR) is 65.8 cm³/mol. The van der Waals surface area contributed by atoms with Gasteiger partial charge in [0.05, 0.1) is 11.1 Å². The first-order valence-corrected chi connectivity index (χ1v) is 5.57. The van der Waals surface area contributed by atoms with Crippen molar-refractivity contribution in [2.45, 2.75) is 13.0 Å². The number of carboxylic acids is 1. The molecule has 0 fully saturated rings. The third kappa shape index (κ3) is 1.99. The van der Waals surface area contributed by atoms with Gasteiger partial charge >= 0.3 is 5.97 Å². The molecule has 0 spiro atoms. The minimum atomic E-state index is -1.13. The second kappa shape index (κ2) is 4.22. The maximum atomic E-state index is 11.1. The Hall–Kier alpha value is -1.23. The number of halogens is 2. The third-order valence-electron chi connectivity index (χ3n) is 2.36. The smallest absolute Gasteiger partial charge is 0.339 e. The van der Waals surface area contributed by atoms with Crippen LogP contribution in [0.5, 0.6) is 0 Å². The van der Waals surface area contributed by atoms with Gasteiger partial charge in [-0.05, 0) is 19.1 Å². The average Bonchev–Trinajstić information content (AvgIpc) is 2.55. The van der Waals surface area contributed by atoms with E-state index in [-0.39, 0.29) is 16.2 Å². The lowest BCUT2D eigenvalue weighted by atomic mass is 10.1. The first-order valence-electron chi connectivity index (χ1n) is 4.82. The van der Waals surface area contributed by atoms with Gasteiger partial charge in [0.2, 0.25) is 0 Å². The van der Waals surface area contributed by atoms with Crippen LogP contribution >= 0.6 is 23.2 Å². The van der Waals surface area contributed by atoms with Crippen molar-refractivity contribution in [1.82, 2.24) is 0 Å². The van der Waals surface area contributed by atoms with E-state index >= 15 is 0 Å². The molecule has 1 aromatic heterocycles. The van der Waals surface area contributed by atoms with Crippen molar-refractivity contribution in [2.75, 3.05) is 0 Å². The van der Waals surface area contributed by atoms with Gasteiger partial charge in [0, 0.05) is 10.4 Å². The largest absolute Gasteiger partial charge is 0.478 e. The molecular weight excluding hydrogens is 265 g/mol. The summed E-state index contributed by atoms with van der Waals surface area (Å²) < 4.78 is 5.41. The average molecular weight is 274 g/mol. The van der Waals surface area contributed by atoms with E-state index in [1.165, 1.54) is 6.07 Å². The van der Waals surface area contributed by atoms with Gasteiger partial charge in [-0.1, -0.05) is 23.2 Å². The molecule has 6 heteroatoms. The van der Waals surface area contributed by atoms with E-state index in [4.69, 9.17) is 38.5 Å². The molecule has 3 N–H and O–H groups in total. The van der Waals surface area contributed by atoms with Gasteiger partial charge in [-0.3, -0.25) is 0 Å². The van der Waals surface area contributed by atoms with E-state index in [9.17, 15) is 4.79 Å². The molecule has 1 atom stereocenters. The van der Waals surface area contributed by atoms with Gasteiger partial charge in [-0.2, -0.15) is 0 Å². The zero-order chi connectivity index (χ0) is 12.7. The van der Waals surface area contributed by atoms with Gasteiger partial charge in [0.25, 0.3) is 0 Å². The fourth-order valence-corrected chi connectivity index (χ4v) is 2.18. The molecule has 0 saturated heterocycles. The Morgan fingerprint density at radius 3 is 2.65 bits per heavy atom. The lowest BCUT2D eigenvalue weighted by molar-refractivity contribution is 0.0698. The molecule has 0 saturated carbocycles. The molecular formula is C11H9Cl2NO3. The standard InChI is InChI=1S/C11H9Cl2NO3/c1-4(14)9-8(13)6-2-5(12)3-7(11(15)16)10(6)17-9/h2-4H,14H2,1H3,(H,15,16)/t4-/m0/s1. The summed E-state index contributed by atoms with van der Waals surface area (Å²) in [7, 11) is 0. The van der Waals surface area contributed by atoms with Gasteiger partial charge < -0.3 is 15.3 Å². The highest BCUT2D eigenvalue weighted by atomic mass is 35.5. The van der Waals surface area contributed by atoms with Crippen LogP contribution in [0.3, 0.4) is 0 Å². The number of aromatic carboxylic acids is 1. The van der Waals surface area contributed by atoms with Crippen LogP contribution in [-0.2, 0) is 0 Å². The first kappa shape index (κ1) is 12.2. The van der Waals surface area contributed by atoms with Crippen LogP contribution in [0.25, 0.3) is 11.0 Å². The molecule has 90 valence electrons. The Morgan fingerprint density at radius 2 is 2.12 bits per heavy atom. The minimum Gasteiger partial charge on any atom is -0.478 e. The Kier molecular flexibility index (Phi) is 3.03. The molecule has 0 unspecified atom stereocenters. The number of carbonyl (C=O) groups is 1. The van der Waals surface area contributed by atoms with Gasteiger partial charge in [-0.15, -0.1) is 0 Å². The number of rotatable bonds is 2. The van der Waals surface area contributed by atoms with Gasteiger partial charge in [0.1, 0.15) is 11.3 Å². The first-order chi connectivity index (χ1) is 7.91. The summed E-state index contributed by atoms with van der Waals surface area (Å²) in [5.41, 5.74) is 5.85. The number of fused-ring (bicyclic) bond motifs is 1. The van der Waals surface area contributed by atoms with Crippen molar-refractivity contribution in [1.29, 1.82) is 0 Å². The number of hydrogen-bond acceptors (Lipinski definition) is 3. The molecule has 0 bridgehead atoms. The highest BCUT2D eigenvalue weighted by Gasteiger charge is 2.21. The van der Waals surface area contributed by atoms with Crippen LogP contribution in [0.4, 0.5) is 0 Å². The molecule has 4 nitrogen and oxygen atoms in total. The summed E-state index contributed by atoms with van der Waals surface area (Å²) in [6.45, 7) is 1.70. The van der Waals surface area contributed by atoms with Crippen molar-refractivity contribution in [3.05, 3.63) is 33.5 Å². The van der Waals surface area contributed by atoms with E-state index in [1.807, 2.05) is 0 Å². The van der Waals surface area contributed by atoms with E-state index in [0.29, 0.717) is 16.2 Å². The molecule has 0 aliphatic heterocycles. The van der Waals surface area contributed by atoms with E-state index in [1.54, 1.807) is 13.0 Å². The van der Waals surface area contributed by atoms with Crippen LogP contribution in [0.15, 0.2) is 16.5 Å². The zero-order valence-corrected chi connectivity index (χ0v) is 10.3. The van der Waals surface area contributed by atoms with Crippen molar-refractivity contribution in [2.24, 2.45) is 5.73 Å². The fraction of sp³-hybridized carbons (Fsp3) is 0.182. The highest BCUT2D eigenvalue weighted by molar-refractivity contribution is 6.38. The van der Waals surface area contributed by atoms with Crippen LogP contribution in [0.2, 0.25) is 10.0 Å². The number of carboxylic acid groups (broad SMARTS) is 1. The van der Waals surface area contributed by atoms with Crippen molar-refractivity contribution >= 4 is 40.1 Å². The van der Waals surface area contributed by atoms with Gasteiger partial charge in [-0.25, -0.2) is 4.79 Å². The number of nitrogens with two attached hydrogens (primary N) is 1. The van der Waals surface area contributed by atoms with Crippen molar-refractivity contribution in [3.63, 3.8) is 0 Å².